The van der Waals surface area contributed by atoms with Crippen molar-refractivity contribution in [3.8, 4) is 0 Å². The number of nitrogens with zero attached hydrogens (tertiary/aromatic N) is 5. The summed E-state index contributed by atoms with van der Waals surface area (Å²) in [5, 5.41) is 18.9. The molecule has 8 heteroatoms. The van der Waals surface area contributed by atoms with E-state index in [4.69, 9.17) is 0 Å². The van der Waals surface area contributed by atoms with Crippen molar-refractivity contribution in [1.82, 2.24) is 10.3 Å². The average molecular weight is 309 g/mol. The Kier molecular flexibility index (Phi) is 3.00. The molecular weight excluding hydrogens is 298 g/mol. The monoisotopic (exact) mass is 309 g/mol. The van der Waals surface area contributed by atoms with Crippen LogP contribution < -0.4 is 4.90 Å². The molecule has 0 fully saturated rings. The Bertz CT molecular complexity index is 919. The van der Waals surface area contributed by atoms with Crippen LogP contribution in [0.15, 0.2) is 52.1 Å². The summed E-state index contributed by atoms with van der Waals surface area (Å²) >= 11 is 0. The molecule has 1 aliphatic rings. The summed E-state index contributed by atoms with van der Waals surface area (Å²) in [5.41, 5.74) is 1.75. The van der Waals surface area contributed by atoms with E-state index in [1.807, 2.05) is 35.2 Å². The lowest BCUT2D eigenvalue weighted by Crippen LogP contribution is -2.28. The van der Waals surface area contributed by atoms with Gasteiger partial charge in [-0.25, -0.2) is 4.63 Å². The predicted molar refractivity (Wildman–Crippen MR) is 83.7 cm³/mol. The number of amidine groups is 1. The number of hydrogen-bond acceptors (Lipinski definition) is 7. The zero-order chi connectivity index (χ0) is 15.8. The van der Waals surface area contributed by atoms with Gasteiger partial charge in [0.1, 0.15) is 17.0 Å². The van der Waals surface area contributed by atoms with Gasteiger partial charge in [-0.1, -0.05) is 30.3 Å². The second-order valence-corrected chi connectivity index (χ2v) is 5.05. The quantitative estimate of drug-likeness (QED) is 0.544. The molecule has 0 spiro atoms. The van der Waals surface area contributed by atoms with E-state index in [1.54, 1.807) is 12.1 Å². The Morgan fingerprint density at radius 2 is 1.96 bits per heavy atom. The summed E-state index contributed by atoms with van der Waals surface area (Å²) in [4.78, 5) is 17.4. The largest absolute Gasteiger partial charge is 0.324 e. The number of aromatic nitrogens is 2. The molecule has 0 saturated carbocycles. The Hall–Kier alpha value is -3.29. The van der Waals surface area contributed by atoms with Crippen LogP contribution in [0, 0.1) is 10.1 Å². The van der Waals surface area contributed by atoms with Gasteiger partial charge in [0, 0.05) is 12.1 Å². The van der Waals surface area contributed by atoms with E-state index in [-0.39, 0.29) is 11.2 Å². The van der Waals surface area contributed by atoms with Crippen LogP contribution in [0.25, 0.3) is 11.0 Å². The van der Waals surface area contributed by atoms with Gasteiger partial charge in [-0.2, -0.15) is 0 Å². The molecule has 2 heterocycles. The summed E-state index contributed by atoms with van der Waals surface area (Å²) < 4.78 is 4.63. The molecule has 0 atom stereocenters. The number of rotatable bonds is 3. The molecule has 23 heavy (non-hydrogen) atoms. The summed E-state index contributed by atoms with van der Waals surface area (Å²) in [6.07, 6.45) is 0. The van der Waals surface area contributed by atoms with Crippen molar-refractivity contribution in [2.24, 2.45) is 4.99 Å². The van der Waals surface area contributed by atoms with Crippen molar-refractivity contribution in [2.75, 3.05) is 18.0 Å². The van der Waals surface area contributed by atoms with E-state index in [0.29, 0.717) is 30.1 Å². The van der Waals surface area contributed by atoms with Gasteiger partial charge >= 0.3 is 5.69 Å². The van der Waals surface area contributed by atoms with Gasteiger partial charge in [-0.3, -0.25) is 15.1 Å². The number of fused-ring (bicyclic) bond motifs is 1. The minimum absolute atomic E-state index is 0.116. The average Bonchev–Trinajstić information content (AvgIpc) is 3.23. The third-order valence-electron chi connectivity index (χ3n) is 3.73. The summed E-state index contributed by atoms with van der Waals surface area (Å²) in [6, 6.07) is 12.9. The van der Waals surface area contributed by atoms with Crippen molar-refractivity contribution < 1.29 is 9.55 Å². The predicted octanol–water partition coefficient (Wildman–Crippen LogP) is 2.40. The molecule has 0 bridgehead atoms. The van der Waals surface area contributed by atoms with Gasteiger partial charge in [-0.05, 0) is 22.4 Å². The van der Waals surface area contributed by atoms with Crippen LogP contribution in [-0.4, -0.2) is 34.2 Å². The Labute approximate surface area is 130 Å². The van der Waals surface area contributed by atoms with Gasteiger partial charge in [0.25, 0.3) is 0 Å². The number of hydrogen-bond donors (Lipinski definition) is 0. The number of anilines is 1. The first-order valence-electron chi connectivity index (χ1n) is 7.03. The second kappa shape index (κ2) is 5.16. The number of nitro groups is 1. The van der Waals surface area contributed by atoms with Gasteiger partial charge in [0.15, 0.2) is 0 Å². The molecule has 4 rings (SSSR count). The number of nitro benzene ring substituents is 1. The summed E-state index contributed by atoms with van der Waals surface area (Å²) in [6.45, 7) is 1.15. The van der Waals surface area contributed by atoms with E-state index in [2.05, 4.69) is 19.9 Å². The van der Waals surface area contributed by atoms with Crippen molar-refractivity contribution in [2.45, 2.75) is 0 Å². The molecule has 0 saturated heterocycles. The van der Waals surface area contributed by atoms with Gasteiger partial charge in [-0.15, -0.1) is 0 Å². The minimum atomic E-state index is -0.456. The second-order valence-electron chi connectivity index (χ2n) is 5.05. The Morgan fingerprint density at radius 3 is 2.74 bits per heavy atom. The number of aliphatic imine (C=N–C) groups is 1. The molecule has 0 aliphatic carbocycles. The molecule has 0 N–H and O–H groups in total. The fraction of sp³-hybridized carbons (Fsp3) is 0.133. The molecule has 0 amide bonds. The first kappa shape index (κ1) is 13.4. The first-order valence-corrected chi connectivity index (χ1v) is 7.03. The highest BCUT2D eigenvalue weighted by molar-refractivity contribution is 6.13. The molecule has 2 aromatic carbocycles. The van der Waals surface area contributed by atoms with Gasteiger partial charge in [0.2, 0.25) is 5.52 Å². The maximum absolute atomic E-state index is 11.6. The van der Waals surface area contributed by atoms with E-state index in [9.17, 15) is 10.1 Å². The van der Waals surface area contributed by atoms with Crippen LogP contribution in [0.2, 0.25) is 0 Å². The molecule has 8 nitrogen and oxygen atoms in total. The molecule has 0 radical (unpaired) electrons. The summed E-state index contributed by atoms with van der Waals surface area (Å²) in [7, 11) is 0. The lowest BCUT2D eigenvalue weighted by atomic mass is 10.1. The number of benzene rings is 2. The van der Waals surface area contributed by atoms with Crippen LogP contribution in [0.5, 0.6) is 0 Å². The lowest BCUT2D eigenvalue weighted by Gasteiger charge is -2.20. The highest BCUT2D eigenvalue weighted by Gasteiger charge is 2.30. The van der Waals surface area contributed by atoms with Crippen LogP contribution in [0.1, 0.15) is 5.56 Å². The first-order chi connectivity index (χ1) is 11.3. The van der Waals surface area contributed by atoms with Crippen LogP contribution in [0.4, 0.5) is 11.4 Å². The van der Waals surface area contributed by atoms with Crippen molar-refractivity contribution in [3.63, 3.8) is 0 Å². The highest BCUT2D eigenvalue weighted by Crippen LogP contribution is 2.36. The van der Waals surface area contributed by atoms with Crippen LogP contribution in [-0.2, 0) is 0 Å². The topological polar surface area (TPSA) is 97.7 Å². The van der Waals surface area contributed by atoms with E-state index >= 15 is 0 Å². The van der Waals surface area contributed by atoms with E-state index in [0.717, 1.165) is 5.56 Å². The third-order valence-corrected chi connectivity index (χ3v) is 3.73. The smallest absolute Gasteiger partial charge is 0.319 e. The van der Waals surface area contributed by atoms with Gasteiger partial charge < -0.3 is 4.90 Å². The fourth-order valence-electron chi connectivity index (χ4n) is 2.74. The van der Waals surface area contributed by atoms with Crippen LogP contribution in [0.3, 0.4) is 0 Å². The minimum Gasteiger partial charge on any atom is -0.319 e. The lowest BCUT2D eigenvalue weighted by molar-refractivity contribution is -0.382. The molecule has 114 valence electrons. The van der Waals surface area contributed by atoms with E-state index in [1.165, 1.54) is 0 Å². The Morgan fingerprint density at radius 1 is 1.13 bits per heavy atom. The fourth-order valence-corrected chi connectivity index (χ4v) is 2.74. The normalized spacial score (nSPS) is 14.3. The van der Waals surface area contributed by atoms with Crippen molar-refractivity contribution in [3.05, 3.63) is 58.1 Å². The summed E-state index contributed by atoms with van der Waals surface area (Å²) in [5.74, 6) is 0.713. The SMILES string of the molecule is O=[N+]([O-])c1c(N2CCN=C2c2ccccc2)ccc2nonc12. The molecule has 1 aliphatic heterocycles. The Balaban J connectivity index is 1.87. The van der Waals surface area contributed by atoms with Crippen LogP contribution >= 0.6 is 0 Å². The molecular formula is C15H11N5O3. The van der Waals surface area contributed by atoms with Crippen molar-refractivity contribution >= 4 is 28.2 Å². The third kappa shape index (κ3) is 2.11. The zero-order valence-electron chi connectivity index (χ0n) is 11.9. The van der Waals surface area contributed by atoms with E-state index < -0.39 is 4.92 Å². The van der Waals surface area contributed by atoms with Gasteiger partial charge in [0.05, 0.1) is 11.5 Å². The molecule has 0 unspecified atom stereocenters. The molecule has 3 aromatic rings. The zero-order valence-corrected chi connectivity index (χ0v) is 11.9. The maximum Gasteiger partial charge on any atom is 0.324 e. The molecule has 1 aromatic heterocycles. The van der Waals surface area contributed by atoms with Crippen molar-refractivity contribution in [1.29, 1.82) is 0 Å². The standard InChI is InChI=1S/C15H11N5O3/c21-20(22)14-12(7-6-11-13(14)18-23-17-11)19-9-8-16-15(19)10-4-2-1-3-5-10/h1-7H,8-9H2. The highest BCUT2D eigenvalue weighted by atomic mass is 16.6. The maximum atomic E-state index is 11.6.